The van der Waals surface area contributed by atoms with Crippen LogP contribution in [-0.4, -0.2) is 62.1 Å². The average molecular weight is 486 g/mol. The maximum absolute atomic E-state index is 13.8. The normalized spacial score (nSPS) is 20.5. The summed E-state index contributed by atoms with van der Waals surface area (Å²) in [4.78, 5) is 34.4. The van der Waals surface area contributed by atoms with Crippen molar-refractivity contribution in [2.45, 2.75) is 51.2 Å². The topological polar surface area (TPSA) is 99.2 Å². The Bertz CT molecular complexity index is 1270. The van der Waals surface area contributed by atoms with Crippen LogP contribution in [0.2, 0.25) is 0 Å². The highest BCUT2D eigenvalue weighted by molar-refractivity contribution is 5.98. The number of alkyl halides is 3. The van der Waals surface area contributed by atoms with Crippen molar-refractivity contribution in [1.82, 2.24) is 30.2 Å². The second-order valence-corrected chi connectivity index (χ2v) is 9.08. The molecule has 1 atom stereocenters. The molecular weight excluding hydrogens is 459 g/mol. The third kappa shape index (κ3) is 4.90. The summed E-state index contributed by atoms with van der Waals surface area (Å²) < 4.78 is 41.5. The van der Waals surface area contributed by atoms with Crippen LogP contribution in [0.5, 0.6) is 0 Å². The summed E-state index contributed by atoms with van der Waals surface area (Å²) in [6.45, 7) is 3.99. The number of amides is 1. The van der Waals surface area contributed by atoms with Crippen molar-refractivity contribution in [3.8, 4) is 11.3 Å². The third-order valence-electron chi connectivity index (χ3n) is 6.52. The van der Waals surface area contributed by atoms with Crippen molar-refractivity contribution in [3.05, 3.63) is 35.8 Å². The number of piperidine rings is 2. The Morgan fingerprint density at radius 3 is 2.69 bits per heavy atom. The summed E-state index contributed by atoms with van der Waals surface area (Å²) in [5, 5.41) is 3.72. The van der Waals surface area contributed by atoms with Gasteiger partial charge in [0.2, 0.25) is 5.95 Å². The highest BCUT2D eigenvalue weighted by Gasteiger charge is 2.36. The molecule has 0 bridgehead atoms. The number of carbonyl (C=O) groups is 1. The number of pyridine rings is 1. The molecule has 3 aromatic rings. The van der Waals surface area contributed by atoms with E-state index in [4.69, 9.17) is 0 Å². The lowest BCUT2D eigenvalue weighted by Gasteiger charge is -2.26. The van der Waals surface area contributed by atoms with Crippen molar-refractivity contribution < 1.29 is 18.0 Å². The summed E-state index contributed by atoms with van der Waals surface area (Å²) in [6.07, 6.45) is 2.19. The molecule has 0 radical (unpaired) electrons. The molecular formula is C24H26F3N7O. The molecule has 184 valence electrons. The monoisotopic (exact) mass is 485 g/mol. The van der Waals surface area contributed by atoms with Crippen molar-refractivity contribution in [2.75, 3.05) is 19.6 Å². The Kier molecular flexibility index (Phi) is 6.26. The van der Waals surface area contributed by atoms with E-state index in [2.05, 4.69) is 37.2 Å². The lowest BCUT2D eigenvalue weighted by Crippen LogP contribution is -2.37. The van der Waals surface area contributed by atoms with Gasteiger partial charge in [0.15, 0.2) is 0 Å². The lowest BCUT2D eigenvalue weighted by atomic mass is 10.1. The molecule has 8 nitrogen and oxygen atoms in total. The zero-order chi connectivity index (χ0) is 24.6. The van der Waals surface area contributed by atoms with Crippen molar-refractivity contribution in [3.63, 3.8) is 0 Å². The number of aromatic amines is 1. The number of rotatable bonds is 3. The fraction of sp³-hybridized carbons (Fsp3) is 0.458. The number of aliphatic imine (C=N–C) groups is 1. The molecule has 3 aromatic heterocycles. The Labute approximate surface area is 200 Å². The molecule has 2 N–H and O–H groups in total. The van der Waals surface area contributed by atoms with E-state index in [1.165, 1.54) is 6.20 Å². The minimum atomic E-state index is -4.65. The first-order valence-electron chi connectivity index (χ1n) is 11.8. The molecule has 0 spiro atoms. The predicted molar refractivity (Wildman–Crippen MR) is 126 cm³/mol. The van der Waals surface area contributed by atoms with Gasteiger partial charge in [0, 0.05) is 54.7 Å². The van der Waals surface area contributed by atoms with Gasteiger partial charge < -0.3 is 15.2 Å². The minimum absolute atomic E-state index is 0.0152. The quantitative estimate of drug-likeness (QED) is 0.569. The molecule has 0 aliphatic carbocycles. The number of carbonyl (C=O) groups excluding carboxylic acids is 1. The molecule has 0 saturated carbocycles. The molecule has 2 fully saturated rings. The lowest BCUT2D eigenvalue weighted by molar-refractivity contribution is -0.137. The van der Waals surface area contributed by atoms with Gasteiger partial charge in [-0.3, -0.25) is 4.79 Å². The Hall–Kier alpha value is -3.34. The van der Waals surface area contributed by atoms with Gasteiger partial charge in [0.25, 0.3) is 5.91 Å². The molecule has 0 aromatic carbocycles. The van der Waals surface area contributed by atoms with Gasteiger partial charge in [0.1, 0.15) is 16.9 Å². The number of nitrogens with one attached hydrogen (secondary N) is 2. The largest absolute Gasteiger partial charge is 0.419 e. The summed E-state index contributed by atoms with van der Waals surface area (Å²) in [5.74, 6) is -0.187. The molecule has 0 unspecified atom stereocenters. The number of halogens is 3. The van der Waals surface area contributed by atoms with E-state index < -0.39 is 11.7 Å². The molecule has 2 saturated heterocycles. The van der Waals surface area contributed by atoms with Crippen LogP contribution >= 0.6 is 0 Å². The van der Waals surface area contributed by atoms with E-state index in [1.807, 2.05) is 0 Å². The predicted octanol–water partition coefficient (Wildman–Crippen LogP) is 4.51. The van der Waals surface area contributed by atoms with E-state index in [-0.39, 0.29) is 28.8 Å². The first kappa shape index (κ1) is 23.4. The van der Waals surface area contributed by atoms with Crippen molar-refractivity contribution >= 4 is 28.6 Å². The highest BCUT2D eigenvalue weighted by Crippen LogP contribution is 2.38. The van der Waals surface area contributed by atoms with E-state index in [9.17, 15) is 18.0 Å². The number of hydrogen-bond acceptors (Lipinski definition) is 6. The molecule has 35 heavy (non-hydrogen) atoms. The minimum Gasteiger partial charge on any atom is -0.345 e. The van der Waals surface area contributed by atoms with Gasteiger partial charge in [-0.2, -0.15) is 13.2 Å². The van der Waals surface area contributed by atoms with Crippen LogP contribution in [0, 0.1) is 0 Å². The summed E-state index contributed by atoms with van der Waals surface area (Å²) in [6, 6.07) is 3.54. The molecule has 5 rings (SSSR count). The van der Waals surface area contributed by atoms with Gasteiger partial charge in [-0.05, 0) is 51.2 Å². The summed E-state index contributed by atoms with van der Waals surface area (Å²) >= 11 is 0. The molecule has 5 heterocycles. The standard InChI is InChI=1S/C24H26F3N7O/c1-14-5-6-15(11-28-14)31-23-30-13-18(24(25,26)27)20(33-23)17-12-29-21-16(17)7-8-19(32-21)22(35)34-9-3-2-4-10-34/h7-8,12-14,28H,2-6,9-11H2,1H3,(H,29,32)/b31-15+/t14-/m0/s1. The van der Waals surface area contributed by atoms with Crippen LogP contribution in [0.3, 0.4) is 0 Å². The first-order chi connectivity index (χ1) is 16.8. The molecule has 11 heteroatoms. The van der Waals surface area contributed by atoms with E-state index in [1.54, 1.807) is 17.0 Å². The number of likely N-dealkylation sites (tertiary alicyclic amines) is 1. The number of aromatic nitrogens is 4. The van der Waals surface area contributed by atoms with Crippen LogP contribution < -0.4 is 5.32 Å². The Morgan fingerprint density at radius 2 is 1.97 bits per heavy atom. The third-order valence-corrected chi connectivity index (χ3v) is 6.52. The molecule has 1 amide bonds. The second kappa shape index (κ2) is 9.37. The number of nitrogens with zero attached hydrogens (tertiary/aromatic N) is 5. The fourth-order valence-corrected chi connectivity index (χ4v) is 4.52. The Balaban J connectivity index is 1.52. The zero-order valence-electron chi connectivity index (χ0n) is 19.3. The maximum Gasteiger partial charge on any atom is 0.419 e. The fourth-order valence-electron chi connectivity index (χ4n) is 4.52. The first-order valence-corrected chi connectivity index (χ1v) is 11.8. The Morgan fingerprint density at radius 1 is 1.17 bits per heavy atom. The number of fused-ring (bicyclic) bond motifs is 1. The van der Waals surface area contributed by atoms with Gasteiger partial charge >= 0.3 is 6.18 Å². The van der Waals surface area contributed by atoms with Gasteiger partial charge in [0.05, 0.1) is 5.69 Å². The smallest absolute Gasteiger partial charge is 0.345 e. The highest BCUT2D eigenvalue weighted by atomic mass is 19.4. The van der Waals surface area contributed by atoms with Crippen LogP contribution in [-0.2, 0) is 6.18 Å². The van der Waals surface area contributed by atoms with Crippen molar-refractivity contribution in [2.24, 2.45) is 4.99 Å². The van der Waals surface area contributed by atoms with Gasteiger partial charge in [-0.25, -0.2) is 19.9 Å². The zero-order valence-corrected chi connectivity index (χ0v) is 19.3. The average Bonchev–Trinajstić information content (AvgIpc) is 3.28. The van der Waals surface area contributed by atoms with E-state index >= 15 is 0 Å². The molecule has 2 aliphatic heterocycles. The van der Waals surface area contributed by atoms with Crippen LogP contribution in [0.25, 0.3) is 22.3 Å². The van der Waals surface area contributed by atoms with E-state index in [0.717, 1.165) is 44.0 Å². The van der Waals surface area contributed by atoms with Gasteiger partial charge in [-0.15, -0.1) is 0 Å². The van der Waals surface area contributed by atoms with E-state index in [0.29, 0.717) is 36.7 Å². The number of hydrogen-bond donors (Lipinski definition) is 2. The van der Waals surface area contributed by atoms with Crippen LogP contribution in [0.15, 0.2) is 29.5 Å². The number of H-pyrrole nitrogens is 1. The summed E-state index contributed by atoms with van der Waals surface area (Å²) in [5.41, 5.74) is 0.398. The second-order valence-electron chi connectivity index (χ2n) is 9.08. The van der Waals surface area contributed by atoms with Crippen LogP contribution in [0.4, 0.5) is 19.1 Å². The maximum atomic E-state index is 13.8. The van der Waals surface area contributed by atoms with Crippen LogP contribution in [0.1, 0.15) is 55.1 Å². The van der Waals surface area contributed by atoms with Crippen molar-refractivity contribution in [1.29, 1.82) is 0 Å². The summed E-state index contributed by atoms with van der Waals surface area (Å²) in [7, 11) is 0. The van der Waals surface area contributed by atoms with Gasteiger partial charge in [-0.1, -0.05) is 0 Å². The molecule has 2 aliphatic rings. The SMILES string of the molecule is C[C@H]1CC/C(=N\c2ncc(C(F)(F)F)c(-c3c[nH]c4nc(C(=O)N5CCCCC5)ccc34)n2)CN1.